The van der Waals surface area contributed by atoms with E-state index in [2.05, 4.69) is 57.6 Å². The van der Waals surface area contributed by atoms with Gasteiger partial charge in [0, 0.05) is 12.2 Å². The molecule has 0 saturated carbocycles. The summed E-state index contributed by atoms with van der Waals surface area (Å²) in [6.07, 6.45) is 6.14. The molecule has 154 valence electrons. The molecule has 0 aromatic heterocycles. The van der Waals surface area contributed by atoms with Crippen LogP contribution in [-0.2, 0) is 17.8 Å². The number of amides is 1. The second kappa shape index (κ2) is 10.0. The van der Waals surface area contributed by atoms with Crippen LogP contribution in [0.3, 0.4) is 0 Å². The zero-order chi connectivity index (χ0) is 19.9. The number of piperidine rings is 1. The fourth-order valence-corrected chi connectivity index (χ4v) is 4.59. The van der Waals surface area contributed by atoms with E-state index in [9.17, 15) is 4.79 Å². The van der Waals surface area contributed by atoms with Gasteiger partial charge in [0.05, 0.1) is 6.54 Å². The number of likely N-dealkylation sites (tertiary alicyclic amines) is 2. The van der Waals surface area contributed by atoms with Gasteiger partial charge in [0.2, 0.25) is 5.91 Å². The van der Waals surface area contributed by atoms with Crippen LogP contribution in [-0.4, -0.2) is 48.4 Å². The van der Waals surface area contributed by atoms with Crippen LogP contribution in [0.4, 0.5) is 5.69 Å². The van der Waals surface area contributed by atoms with Crippen molar-refractivity contribution < 1.29 is 4.79 Å². The lowest BCUT2D eigenvalue weighted by molar-refractivity contribution is -0.117. The number of anilines is 1. The number of nitrogens with one attached hydrogen (secondary N) is 1. The van der Waals surface area contributed by atoms with E-state index in [1.807, 2.05) is 12.1 Å². The van der Waals surface area contributed by atoms with Gasteiger partial charge >= 0.3 is 0 Å². The second-order valence-corrected chi connectivity index (χ2v) is 8.64. The number of benzene rings is 2. The van der Waals surface area contributed by atoms with E-state index in [4.69, 9.17) is 0 Å². The normalized spacial score (nSPS) is 18.8. The zero-order valence-electron chi connectivity index (χ0n) is 17.4. The SMILES string of the molecule is O=C(CN1CCC(Cc2ccccc2)CC1)Nc1ccc(CN2CCCC2)cc1. The molecule has 2 aromatic rings. The predicted octanol–water partition coefficient (Wildman–Crippen LogP) is 4.18. The molecule has 0 radical (unpaired) electrons. The second-order valence-electron chi connectivity index (χ2n) is 8.64. The van der Waals surface area contributed by atoms with Gasteiger partial charge in [0.25, 0.3) is 0 Å². The summed E-state index contributed by atoms with van der Waals surface area (Å²) >= 11 is 0. The molecule has 0 bridgehead atoms. The fraction of sp³-hybridized carbons (Fsp3) is 0.480. The summed E-state index contributed by atoms with van der Waals surface area (Å²) in [6, 6.07) is 19.1. The Hall–Kier alpha value is -2.17. The summed E-state index contributed by atoms with van der Waals surface area (Å²) < 4.78 is 0. The molecule has 0 unspecified atom stereocenters. The van der Waals surface area contributed by atoms with Crippen molar-refractivity contribution in [3.63, 3.8) is 0 Å². The molecule has 2 aliphatic rings. The molecule has 4 nitrogen and oxygen atoms in total. The molecule has 29 heavy (non-hydrogen) atoms. The lowest BCUT2D eigenvalue weighted by atomic mass is 9.90. The number of nitrogens with zero attached hydrogens (tertiary/aromatic N) is 2. The Morgan fingerprint density at radius 2 is 1.52 bits per heavy atom. The van der Waals surface area contributed by atoms with Gasteiger partial charge in [-0.05, 0) is 87.5 Å². The first-order valence-corrected chi connectivity index (χ1v) is 11.1. The molecule has 1 amide bonds. The Balaban J connectivity index is 1.18. The van der Waals surface area contributed by atoms with Crippen molar-refractivity contribution in [3.05, 3.63) is 65.7 Å². The molecule has 0 spiro atoms. The summed E-state index contributed by atoms with van der Waals surface area (Å²) in [6.45, 7) is 5.96. The van der Waals surface area contributed by atoms with E-state index < -0.39 is 0 Å². The molecule has 2 aromatic carbocycles. The molecule has 0 aliphatic carbocycles. The highest BCUT2D eigenvalue weighted by Crippen LogP contribution is 2.21. The summed E-state index contributed by atoms with van der Waals surface area (Å²) in [7, 11) is 0. The number of carbonyl (C=O) groups excluding carboxylic acids is 1. The molecule has 4 heteroatoms. The molecule has 0 atom stereocenters. The number of rotatable bonds is 7. The predicted molar refractivity (Wildman–Crippen MR) is 119 cm³/mol. The Labute approximate surface area is 174 Å². The number of hydrogen-bond acceptors (Lipinski definition) is 3. The van der Waals surface area contributed by atoms with Gasteiger partial charge in [0.1, 0.15) is 0 Å². The Morgan fingerprint density at radius 1 is 0.828 bits per heavy atom. The monoisotopic (exact) mass is 391 g/mol. The van der Waals surface area contributed by atoms with Gasteiger partial charge in [-0.15, -0.1) is 0 Å². The molecular formula is C25H33N3O. The van der Waals surface area contributed by atoms with Crippen LogP contribution in [0.25, 0.3) is 0 Å². The average Bonchev–Trinajstić information content (AvgIpc) is 3.25. The van der Waals surface area contributed by atoms with Crippen molar-refractivity contribution in [2.75, 3.05) is 38.0 Å². The minimum absolute atomic E-state index is 0.0961. The molecular weight excluding hydrogens is 358 g/mol. The van der Waals surface area contributed by atoms with Gasteiger partial charge in [-0.2, -0.15) is 0 Å². The fourth-order valence-electron chi connectivity index (χ4n) is 4.59. The van der Waals surface area contributed by atoms with Crippen LogP contribution in [0.2, 0.25) is 0 Å². The van der Waals surface area contributed by atoms with E-state index in [-0.39, 0.29) is 5.91 Å². The summed E-state index contributed by atoms with van der Waals surface area (Å²) in [4.78, 5) is 17.2. The maximum Gasteiger partial charge on any atom is 0.238 e. The largest absolute Gasteiger partial charge is 0.325 e. The third-order valence-electron chi connectivity index (χ3n) is 6.28. The molecule has 2 heterocycles. The van der Waals surface area contributed by atoms with E-state index >= 15 is 0 Å². The third-order valence-corrected chi connectivity index (χ3v) is 6.28. The van der Waals surface area contributed by atoms with Crippen LogP contribution in [0.1, 0.15) is 36.8 Å². The Kier molecular flexibility index (Phi) is 6.96. The maximum atomic E-state index is 12.5. The lowest BCUT2D eigenvalue weighted by Crippen LogP contribution is -2.39. The minimum atomic E-state index is 0.0961. The minimum Gasteiger partial charge on any atom is -0.325 e. The Bertz CT molecular complexity index is 760. The quantitative estimate of drug-likeness (QED) is 0.769. The van der Waals surface area contributed by atoms with Crippen molar-refractivity contribution in [2.45, 2.75) is 38.6 Å². The highest BCUT2D eigenvalue weighted by atomic mass is 16.2. The van der Waals surface area contributed by atoms with Crippen LogP contribution in [0.15, 0.2) is 54.6 Å². The average molecular weight is 392 g/mol. The van der Waals surface area contributed by atoms with Gasteiger partial charge in [-0.25, -0.2) is 0 Å². The van der Waals surface area contributed by atoms with Gasteiger partial charge < -0.3 is 5.32 Å². The van der Waals surface area contributed by atoms with Crippen molar-refractivity contribution in [2.24, 2.45) is 5.92 Å². The van der Waals surface area contributed by atoms with E-state index in [1.54, 1.807) is 0 Å². The molecule has 1 N–H and O–H groups in total. The lowest BCUT2D eigenvalue weighted by Gasteiger charge is -2.31. The first-order valence-electron chi connectivity index (χ1n) is 11.1. The van der Waals surface area contributed by atoms with Crippen molar-refractivity contribution >= 4 is 11.6 Å². The van der Waals surface area contributed by atoms with Gasteiger partial charge in [-0.1, -0.05) is 42.5 Å². The van der Waals surface area contributed by atoms with Crippen molar-refractivity contribution in [3.8, 4) is 0 Å². The maximum absolute atomic E-state index is 12.5. The molecule has 2 fully saturated rings. The molecule has 4 rings (SSSR count). The number of carbonyl (C=O) groups is 1. The first kappa shape index (κ1) is 20.1. The first-order chi connectivity index (χ1) is 14.2. The van der Waals surface area contributed by atoms with E-state index in [0.717, 1.165) is 37.7 Å². The number of hydrogen-bond donors (Lipinski definition) is 1. The summed E-state index contributed by atoms with van der Waals surface area (Å²) in [5, 5.41) is 3.07. The van der Waals surface area contributed by atoms with Crippen LogP contribution >= 0.6 is 0 Å². The van der Waals surface area contributed by atoms with E-state index in [0.29, 0.717) is 6.54 Å². The van der Waals surface area contributed by atoms with Crippen molar-refractivity contribution in [1.82, 2.24) is 9.80 Å². The smallest absolute Gasteiger partial charge is 0.238 e. The zero-order valence-corrected chi connectivity index (χ0v) is 17.4. The van der Waals surface area contributed by atoms with E-state index in [1.165, 1.54) is 49.9 Å². The van der Waals surface area contributed by atoms with Crippen LogP contribution in [0.5, 0.6) is 0 Å². The summed E-state index contributed by atoms with van der Waals surface area (Å²) in [5.74, 6) is 0.832. The Morgan fingerprint density at radius 3 is 2.21 bits per heavy atom. The standard InChI is InChI=1S/C25H33N3O/c29-25(26-24-10-8-23(9-11-24)19-27-14-4-5-15-27)20-28-16-12-22(13-17-28)18-21-6-2-1-3-7-21/h1-3,6-11,22H,4-5,12-20H2,(H,26,29). The summed E-state index contributed by atoms with van der Waals surface area (Å²) in [5.41, 5.74) is 3.65. The molecule has 2 saturated heterocycles. The van der Waals surface area contributed by atoms with Crippen molar-refractivity contribution in [1.29, 1.82) is 0 Å². The highest BCUT2D eigenvalue weighted by molar-refractivity contribution is 5.92. The topological polar surface area (TPSA) is 35.6 Å². The van der Waals surface area contributed by atoms with Crippen LogP contribution < -0.4 is 5.32 Å². The third kappa shape index (κ3) is 6.15. The van der Waals surface area contributed by atoms with Crippen LogP contribution in [0, 0.1) is 5.92 Å². The highest BCUT2D eigenvalue weighted by Gasteiger charge is 2.21. The van der Waals surface area contributed by atoms with Gasteiger partial charge in [0.15, 0.2) is 0 Å². The van der Waals surface area contributed by atoms with Gasteiger partial charge in [-0.3, -0.25) is 14.6 Å². The molecule has 2 aliphatic heterocycles.